The number of nitrogens with zero attached hydrogens (tertiary/aromatic N) is 1. The molecule has 0 fully saturated rings. The van der Waals surface area contributed by atoms with E-state index in [1.54, 1.807) is 46.6 Å². The van der Waals surface area contributed by atoms with Crippen molar-refractivity contribution in [3.63, 3.8) is 0 Å². The van der Waals surface area contributed by atoms with E-state index in [0.717, 1.165) is 16.7 Å². The second kappa shape index (κ2) is 16.1. The van der Waals surface area contributed by atoms with Gasteiger partial charge < -0.3 is 47.8 Å². The average Bonchev–Trinajstić information content (AvgIpc) is 3.16. The summed E-state index contributed by atoms with van der Waals surface area (Å²) in [6, 6.07) is 13.4. The van der Waals surface area contributed by atoms with E-state index in [1.165, 1.54) is 27.4 Å². The van der Waals surface area contributed by atoms with E-state index in [9.17, 15) is 19.8 Å². The maximum absolute atomic E-state index is 13.4. The fraction of sp³-hybridized carbons (Fsp3) is 0.368. The molecule has 5 rings (SSSR count). The summed E-state index contributed by atoms with van der Waals surface area (Å²) in [7, 11) is 10.5. The number of rotatable bonds is 14. The van der Waals surface area contributed by atoms with Gasteiger partial charge in [-0.25, -0.2) is 0 Å². The zero-order valence-electron chi connectivity index (χ0n) is 29.7. The molecule has 13 heteroatoms. The van der Waals surface area contributed by atoms with E-state index < -0.39 is 29.1 Å². The Morgan fingerprint density at radius 2 is 1.49 bits per heavy atom. The number of esters is 1. The minimum Gasteiger partial charge on any atom is -0.502 e. The molecule has 0 radical (unpaired) electrons. The quantitative estimate of drug-likeness (QED) is 0.174. The Balaban J connectivity index is 1.65. The number of hydrogen-bond acceptors (Lipinski definition) is 13. The summed E-state index contributed by atoms with van der Waals surface area (Å²) in [5.41, 5.74) is 3.04. The predicted octanol–water partition coefficient (Wildman–Crippen LogP) is 4.73. The lowest BCUT2D eigenvalue weighted by Crippen LogP contribution is -2.36. The van der Waals surface area contributed by atoms with Crippen molar-refractivity contribution in [2.75, 3.05) is 56.3 Å². The van der Waals surface area contributed by atoms with E-state index in [0.29, 0.717) is 58.6 Å². The highest BCUT2D eigenvalue weighted by Gasteiger charge is 2.34. The zero-order chi connectivity index (χ0) is 36.8. The average molecular weight is 706 g/mol. The highest BCUT2D eigenvalue weighted by Crippen LogP contribution is 2.46. The minimum absolute atomic E-state index is 0.106. The normalized spacial score (nSPS) is 14.6. The van der Waals surface area contributed by atoms with Crippen molar-refractivity contribution in [1.29, 1.82) is 0 Å². The lowest BCUT2D eigenvalue weighted by atomic mass is 9.87. The number of hydrogen-bond donors (Lipinski definition) is 2. The molecule has 0 unspecified atom stereocenters. The Kier molecular flexibility index (Phi) is 11.6. The fourth-order valence-electron chi connectivity index (χ4n) is 6.64. The van der Waals surface area contributed by atoms with Crippen molar-refractivity contribution in [1.82, 2.24) is 4.90 Å². The molecule has 1 aliphatic heterocycles. The van der Waals surface area contributed by atoms with Crippen molar-refractivity contribution in [3.05, 3.63) is 98.1 Å². The van der Waals surface area contributed by atoms with Gasteiger partial charge in [0.05, 0.1) is 81.3 Å². The minimum atomic E-state index is -0.925. The Hall–Kier alpha value is -5.40. The van der Waals surface area contributed by atoms with Crippen molar-refractivity contribution in [2.45, 2.75) is 38.0 Å². The van der Waals surface area contributed by atoms with Crippen LogP contribution in [0.2, 0.25) is 0 Å². The molecule has 4 aromatic rings. The number of methoxy groups -OCH3 is 7. The molecule has 1 aliphatic rings. The Bertz CT molecular complexity index is 1910. The van der Waals surface area contributed by atoms with Gasteiger partial charge in [-0.1, -0.05) is 6.07 Å². The molecule has 51 heavy (non-hydrogen) atoms. The molecular formula is C38H43NO12. The maximum atomic E-state index is 13.4. The van der Waals surface area contributed by atoms with Crippen molar-refractivity contribution in [3.8, 4) is 40.2 Å². The lowest BCUT2D eigenvalue weighted by Gasteiger charge is -2.38. The highest BCUT2D eigenvalue weighted by molar-refractivity contribution is 5.71. The molecule has 0 spiro atoms. The van der Waals surface area contributed by atoms with Gasteiger partial charge in [0.1, 0.15) is 11.5 Å². The van der Waals surface area contributed by atoms with Crippen molar-refractivity contribution in [2.24, 2.45) is 0 Å². The summed E-state index contributed by atoms with van der Waals surface area (Å²) >= 11 is 0. The summed E-state index contributed by atoms with van der Waals surface area (Å²) < 4.78 is 45.0. The first-order valence-corrected chi connectivity index (χ1v) is 16.1. The van der Waals surface area contributed by atoms with Crippen LogP contribution in [0.3, 0.4) is 0 Å². The van der Waals surface area contributed by atoms with Crippen LogP contribution in [0.5, 0.6) is 40.2 Å². The zero-order valence-corrected chi connectivity index (χ0v) is 29.7. The van der Waals surface area contributed by atoms with Gasteiger partial charge >= 0.3 is 5.97 Å². The third-order valence-corrected chi connectivity index (χ3v) is 9.13. The van der Waals surface area contributed by atoms with Gasteiger partial charge in [0.2, 0.25) is 16.9 Å². The molecule has 0 aliphatic carbocycles. The number of aliphatic hydroxyl groups is 1. The molecule has 0 amide bonds. The Labute approximate surface area is 295 Å². The summed E-state index contributed by atoms with van der Waals surface area (Å²) in [5.74, 6) is 0.946. The van der Waals surface area contributed by atoms with Crippen LogP contribution in [0.25, 0.3) is 0 Å². The van der Waals surface area contributed by atoms with E-state index in [2.05, 4.69) is 4.90 Å². The second-order valence-electron chi connectivity index (χ2n) is 11.8. The maximum Gasteiger partial charge on any atom is 0.306 e. The fourth-order valence-corrected chi connectivity index (χ4v) is 6.64. The van der Waals surface area contributed by atoms with E-state index in [1.807, 2.05) is 24.3 Å². The van der Waals surface area contributed by atoms with Crippen molar-refractivity contribution >= 4 is 5.97 Å². The molecule has 2 heterocycles. The van der Waals surface area contributed by atoms with Gasteiger partial charge in [-0.3, -0.25) is 14.5 Å². The first-order valence-electron chi connectivity index (χ1n) is 16.1. The molecule has 272 valence electrons. The molecule has 3 aromatic carbocycles. The largest absolute Gasteiger partial charge is 0.502 e. The van der Waals surface area contributed by atoms with Gasteiger partial charge in [-0.2, -0.15) is 0 Å². The summed E-state index contributed by atoms with van der Waals surface area (Å²) in [5, 5.41) is 21.1. The second-order valence-corrected chi connectivity index (χ2v) is 11.8. The number of carbonyl (C=O) groups excluding carboxylic acids is 1. The lowest BCUT2D eigenvalue weighted by molar-refractivity contribution is -0.140. The van der Waals surface area contributed by atoms with E-state index in [4.69, 9.17) is 37.6 Å². The number of aromatic hydroxyl groups is 1. The topological polar surface area (TPSA) is 156 Å². The third-order valence-electron chi connectivity index (χ3n) is 9.13. The van der Waals surface area contributed by atoms with Gasteiger partial charge in [0, 0.05) is 18.2 Å². The summed E-state index contributed by atoms with van der Waals surface area (Å²) in [4.78, 5) is 28.2. The molecule has 2 N–H and O–H groups in total. The van der Waals surface area contributed by atoms with E-state index in [-0.39, 0.29) is 31.1 Å². The molecular weight excluding hydrogens is 662 g/mol. The molecule has 13 nitrogen and oxygen atoms in total. The monoisotopic (exact) mass is 705 g/mol. The van der Waals surface area contributed by atoms with Gasteiger partial charge in [0.15, 0.2) is 28.8 Å². The standard InChI is InChI=1S/C38H43NO12/c1-44-29-9-8-21(12-24(29)20-40)27(18-34(42)49-6)37-36(43)28(41)16-25(51-37)19-39-11-10-22-13-30(45-2)31(46-3)17-26(22)35(39)23-14-32(47-4)38(50-7)33(15-23)48-5/h8-9,12-17,27,35,40,43H,10-11,18-20H2,1-7H3/t27-,35+/m0/s1. The van der Waals surface area contributed by atoms with Crippen molar-refractivity contribution < 1.29 is 52.6 Å². The number of carbonyl (C=O) groups is 1. The van der Waals surface area contributed by atoms with Crippen LogP contribution >= 0.6 is 0 Å². The first-order chi connectivity index (χ1) is 24.6. The summed E-state index contributed by atoms with van der Waals surface area (Å²) in [6.07, 6.45) is 0.382. The van der Waals surface area contributed by atoms with Crippen LogP contribution in [0.15, 0.2) is 57.7 Å². The van der Waals surface area contributed by atoms with Crippen LogP contribution < -0.4 is 33.8 Å². The molecule has 0 saturated heterocycles. The predicted molar refractivity (Wildman–Crippen MR) is 186 cm³/mol. The third kappa shape index (κ3) is 7.40. The summed E-state index contributed by atoms with van der Waals surface area (Å²) in [6.45, 7) is 0.327. The molecule has 0 saturated carbocycles. The van der Waals surface area contributed by atoms with Crippen LogP contribution in [0, 0.1) is 0 Å². The SMILES string of the molecule is COC(=O)C[C@@H](c1ccc(OC)c(CO)c1)c1oc(CN2CCc3cc(OC)c(OC)cc3[C@H]2c2cc(OC)c(OC)c(OC)c2)cc(=O)c1O. The number of benzene rings is 3. The van der Waals surface area contributed by atoms with Crippen LogP contribution in [-0.4, -0.2) is 77.4 Å². The van der Waals surface area contributed by atoms with Crippen LogP contribution in [0.1, 0.15) is 57.7 Å². The molecule has 2 atom stereocenters. The van der Waals surface area contributed by atoms with Crippen LogP contribution in [0.4, 0.5) is 0 Å². The smallest absolute Gasteiger partial charge is 0.306 e. The molecule has 1 aromatic heterocycles. The van der Waals surface area contributed by atoms with Gasteiger partial charge in [0.25, 0.3) is 0 Å². The van der Waals surface area contributed by atoms with Crippen LogP contribution in [-0.2, 0) is 29.1 Å². The highest BCUT2D eigenvalue weighted by atomic mass is 16.5. The number of aliphatic hydroxyl groups excluding tert-OH is 1. The number of ether oxygens (including phenoxy) is 7. The van der Waals surface area contributed by atoms with Gasteiger partial charge in [-0.15, -0.1) is 0 Å². The van der Waals surface area contributed by atoms with Gasteiger partial charge in [-0.05, 0) is 65.1 Å². The molecule has 0 bridgehead atoms. The first kappa shape index (κ1) is 36.9. The van der Waals surface area contributed by atoms with E-state index >= 15 is 0 Å². The Morgan fingerprint density at radius 1 is 0.843 bits per heavy atom. The number of fused-ring (bicyclic) bond motifs is 1. The Morgan fingerprint density at radius 3 is 2.08 bits per heavy atom.